The lowest BCUT2D eigenvalue weighted by Crippen LogP contribution is -2.44. The molecule has 1 amide bonds. The Bertz CT molecular complexity index is 541. The van der Waals surface area contributed by atoms with Crippen LogP contribution in [0.2, 0.25) is 0 Å². The van der Waals surface area contributed by atoms with Crippen molar-refractivity contribution in [3.63, 3.8) is 0 Å². The number of carbonyl (C=O) groups excluding carboxylic acids is 1. The minimum Gasteiger partial charge on any atom is -0.341 e. The van der Waals surface area contributed by atoms with Gasteiger partial charge in [0, 0.05) is 24.4 Å². The van der Waals surface area contributed by atoms with Gasteiger partial charge in [-0.1, -0.05) is 45.2 Å². The van der Waals surface area contributed by atoms with Crippen LogP contribution in [0.5, 0.6) is 0 Å². The molecule has 23 heavy (non-hydrogen) atoms. The van der Waals surface area contributed by atoms with E-state index in [2.05, 4.69) is 5.16 Å². The standard InChI is InChI=1S/C18H29N3O2/c1-18(2,3)17(22)21-11-7-10-14(12-21)16-19-15(20-23-16)13-8-5-4-6-9-13/h13-14H,4-12H2,1-3H3/t14-/m0/s1. The van der Waals surface area contributed by atoms with Gasteiger partial charge in [0.15, 0.2) is 5.82 Å². The molecule has 2 aliphatic rings. The van der Waals surface area contributed by atoms with Gasteiger partial charge < -0.3 is 9.42 Å². The van der Waals surface area contributed by atoms with E-state index in [0.717, 1.165) is 31.1 Å². The normalized spacial score (nSPS) is 24.0. The van der Waals surface area contributed by atoms with Gasteiger partial charge in [0.25, 0.3) is 0 Å². The van der Waals surface area contributed by atoms with Crippen LogP contribution in [-0.4, -0.2) is 34.0 Å². The van der Waals surface area contributed by atoms with Crippen LogP contribution in [0, 0.1) is 5.41 Å². The Balaban J connectivity index is 1.67. The number of aromatic nitrogens is 2. The average Bonchev–Trinajstić information content (AvgIpc) is 3.04. The molecule has 128 valence electrons. The van der Waals surface area contributed by atoms with Crippen LogP contribution in [0.25, 0.3) is 0 Å². The summed E-state index contributed by atoms with van der Waals surface area (Å²) in [6.07, 6.45) is 8.26. The number of amides is 1. The molecule has 1 aliphatic carbocycles. The fourth-order valence-electron chi connectivity index (χ4n) is 3.78. The van der Waals surface area contributed by atoms with E-state index >= 15 is 0 Å². The fourth-order valence-corrected chi connectivity index (χ4v) is 3.78. The van der Waals surface area contributed by atoms with Crippen LogP contribution < -0.4 is 0 Å². The molecule has 1 saturated heterocycles. The summed E-state index contributed by atoms with van der Waals surface area (Å²) in [6.45, 7) is 7.49. The van der Waals surface area contributed by atoms with Crippen molar-refractivity contribution in [1.29, 1.82) is 0 Å². The Kier molecular flexibility index (Phi) is 4.74. The number of hydrogen-bond acceptors (Lipinski definition) is 4. The predicted molar refractivity (Wildman–Crippen MR) is 88.1 cm³/mol. The molecule has 1 aromatic rings. The zero-order valence-electron chi connectivity index (χ0n) is 14.7. The third-order valence-electron chi connectivity index (χ3n) is 5.13. The summed E-state index contributed by atoms with van der Waals surface area (Å²) in [5.74, 6) is 2.50. The van der Waals surface area contributed by atoms with Gasteiger partial charge in [-0.15, -0.1) is 0 Å². The highest BCUT2D eigenvalue weighted by molar-refractivity contribution is 5.81. The van der Waals surface area contributed by atoms with Gasteiger partial charge in [-0.25, -0.2) is 0 Å². The van der Waals surface area contributed by atoms with Crippen molar-refractivity contribution in [3.8, 4) is 0 Å². The Morgan fingerprint density at radius 3 is 2.48 bits per heavy atom. The quantitative estimate of drug-likeness (QED) is 0.830. The first-order valence-electron chi connectivity index (χ1n) is 9.08. The molecule has 5 heteroatoms. The van der Waals surface area contributed by atoms with Crippen molar-refractivity contribution in [2.24, 2.45) is 5.41 Å². The maximum absolute atomic E-state index is 12.5. The van der Waals surface area contributed by atoms with Gasteiger partial charge in [0.2, 0.25) is 11.8 Å². The summed E-state index contributed by atoms with van der Waals surface area (Å²) < 4.78 is 5.57. The number of likely N-dealkylation sites (tertiary alicyclic amines) is 1. The molecule has 1 atom stereocenters. The molecule has 1 aliphatic heterocycles. The molecule has 2 heterocycles. The van der Waals surface area contributed by atoms with E-state index in [-0.39, 0.29) is 17.2 Å². The van der Waals surface area contributed by atoms with Crippen molar-refractivity contribution in [1.82, 2.24) is 15.0 Å². The lowest BCUT2D eigenvalue weighted by atomic mass is 9.89. The molecule has 5 nitrogen and oxygen atoms in total. The zero-order chi connectivity index (χ0) is 16.4. The topological polar surface area (TPSA) is 59.2 Å². The van der Waals surface area contributed by atoms with Crippen LogP contribution in [0.1, 0.15) is 89.3 Å². The molecule has 2 fully saturated rings. The molecule has 0 N–H and O–H groups in total. The highest BCUT2D eigenvalue weighted by atomic mass is 16.5. The van der Waals surface area contributed by atoms with Gasteiger partial charge in [0.1, 0.15) is 0 Å². The van der Waals surface area contributed by atoms with Crippen molar-refractivity contribution in [2.75, 3.05) is 13.1 Å². The highest BCUT2D eigenvalue weighted by Crippen LogP contribution is 2.33. The second kappa shape index (κ2) is 6.62. The van der Waals surface area contributed by atoms with Gasteiger partial charge >= 0.3 is 0 Å². The molecule has 0 unspecified atom stereocenters. The van der Waals surface area contributed by atoms with E-state index in [0.29, 0.717) is 12.5 Å². The maximum atomic E-state index is 12.5. The number of piperidine rings is 1. The number of hydrogen-bond donors (Lipinski definition) is 0. The van der Waals surface area contributed by atoms with E-state index in [1.165, 1.54) is 32.1 Å². The van der Waals surface area contributed by atoms with E-state index in [4.69, 9.17) is 9.51 Å². The molecule has 0 radical (unpaired) electrons. The summed E-state index contributed by atoms with van der Waals surface area (Å²) in [5.41, 5.74) is -0.329. The number of rotatable bonds is 2. The van der Waals surface area contributed by atoms with E-state index in [1.807, 2.05) is 25.7 Å². The molecule has 0 aromatic carbocycles. The van der Waals surface area contributed by atoms with Gasteiger partial charge in [0.05, 0.1) is 5.92 Å². The Morgan fingerprint density at radius 1 is 1.09 bits per heavy atom. The molecular formula is C18H29N3O2. The largest absolute Gasteiger partial charge is 0.341 e. The molecule has 1 aromatic heterocycles. The second-order valence-corrected chi connectivity index (χ2v) is 8.17. The Hall–Kier alpha value is -1.39. The average molecular weight is 319 g/mol. The lowest BCUT2D eigenvalue weighted by molar-refractivity contribution is -0.140. The summed E-state index contributed by atoms with van der Waals surface area (Å²) in [7, 11) is 0. The monoisotopic (exact) mass is 319 g/mol. The highest BCUT2D eigenvalue weighted by Gasteiger charge is 2.34. The minimum atomic E-state index is -0.329. The molecule has 1 saturated carbocycles. The molecule has 0 bridgehead atoms. The van der Waals surface area contributed by atoms with Crippen molar-refractivity contribution in [2.45, 2.75) is 77.6 Å². The summed E-state index contributed by atoms with van der Waals surface area (Å²) in [6, 6.07) is 0. The van der Waals surface area contributed by atoms with Crippen molar-refractivity contribution < 1.29 is 9.32 Å². The summed E-state index contributed by atoms with van der Waals surface area (Å²) >= 11 is 0. The van der Waals surface area contributed by atoms with E-state index in [9.17, 15) is 4.79 Å². The van der Waals surface area contributed by atoms with Crippen LogP contribution >= 0.6 is 0 Å². The minimum absolute atomic E-state index is 0.194. The fraction of sp³-hybridized carbons (Fsp3) is 0.833. The van der Waals surface area contributed by atoms with Crippen LogP contribution in [-0.2, 0) is 4.79 Å². The predicted octanol–water partition coefficient (Wildman–Crippen LogP) is 3.87. The van der Waals surface area contributed by atoms with E-state index < -0.39 is 0 Å². The summed E-state index contributed by atoms with van der Waals surface area (Å²) in [5, 5.41) is 4.24. The van der Waals surface area contributed by atoms with Gasteiger partial charge in [-0.05, 0) is 25.7 Å². The molecule has 0 spiro atoms. The van der Waals surface area contributed by atoms with Gasteiger partial charge in [-0.3, -0.25) is 4.79 Å². The Labute approximate surface area is 138 Å². The second-order valence-electron chi connectivity index (χ2n) is 8.17. The number of carbonyl (C=O) groups is 1. The molecular weight excluding hydrogens is 290 g/mol. The SMILES string of the molecule is CC(C)(C)C(=O)N1CCC[C@H](c2nc(C3CCCCC3)no2)C1. The first-order valence-corrected chi connectivity index (χ1v) is 9.08. The van der Waals surface area contributed by atoms with E-state index in [1.54, 1.807) is 0 Å². The van der Waals surface area contributed by atoms with Gasteiger partial charge in [-0.2, -0.15) is 4.98 Å². The first kappa shape index (κ1) is 16.5. The Morgan fingerprint density at radius 2 is 1.78 bits per heavy atom. The smallest absolute Gasteiger partial charge is 0.231 e. The first-order chi connectivity index (χ1) is 10.9. The van der Waals surface area contributed by atoms with Crippen molar-refractivity contribution >= 4 is 5.91 Å². The van der Waals surface area contributed by atoms with Crippen LogP contribution in [0.3, 0.4) is 0 Å². The van der Waals surface area contributed by atoms with Crippen LogP contribution in [0.4, 0.5) is 0 Å². The zero-order valence-corrected chi connectivity index (χ0v) is 14.7. The summed E-state index contributed by atoms with van der Waals surface area (Å²) in [4.78, 5) is 19.2. The maximum Gasteiger partial charge on any atom is 0.231 e. The lowest BCUT2D eigenvalue weighted by Gasteiger charge is -2.35. The third kappa shape index (κ3) is 3.75. The van der Waals surface area contributed by atoms with Crippen molar-refractivity contribution in [3.05, 3.63) is 11.7 Å². The third-order valence-corrected chi connectivity index (χ3v) is 5.13. The van der Waals surface area contributed by atoms with Crippen LogP contribution in [0.15, 0.2) is 4.52 Å². The number of nitrogens with zero attached hydrogens (tertiary/aromatic N) is 3. The molecule has 3 rings (SSSR count).